The highest BCUT2D eigenvalue weighted by Gasteiger charge is 2.18. The predicted octanol–water partition coefficient (Wildman–Crippen LogP) is 5.61. The summed E-state index contributed by atoms with van der Waals surface area (Å²) < 4.78 is 30.6. The Morgan fingerprint density at radius 1 is 0.968 bits per heavy atom. The van der Waals surface area contributed by atoms with Crippen LogP contribution in [0, 0.1) is 12.7 Å². The van der Waals surface area contributed by atoms with Crippen molar-refractivity contribution in [1.82, 2.24) is 10.2 Å². The van der Waals surface area contributed by atoms with Crippen molar-refractivity contribution < 1.29 is 23.7 Å². The van der Waals surface area contributed by atoms with E-state index >= 15 is 0 Å². The van der Waals surface area contributed by atoms with Crippen molar-refractivity contribution in [2.24, 2.45) is 0 Å². The van der Waals surface area contributed by atoms with Gasteiger partial charge in [0.1, 0.15) is 41.1 Å². The standard InChI is InChI=1S/C24H21FN2O4/c1-15-24(31-18-9-7-17(29-2)8-10-18)23(27-26-15)20-12-11-19(13-22(20)28)30-14-16-5-3-4-6-21(16)25/h3-13,28H,14H2,1-2H3,(H,26,27). The summed E-state index contributed by atoms with van der Waals surface area (Å²) >= 11 is 0. The molecule has 4 aromatic rings. The molecular weight excluding hydrogens is 399 g/mol. The maximum absolute atomic E-state index is 13.8. The predicted molar refractivity (Wildman–Crippen MR) is 114 cm³/mol. The number of H-pyrrole nitrogens is 1. The number of ether oxygens (including phenoxy) is 3. The molecule has 158 valence electrons. The van der Waals surface area contributed by atoms with Gasteiger partial charge in [0.2, 0.25) is 0 Å². The van der Waals surface area contributed by atoms with Crippen LogP contribution in [0.5, 0.6) is 28.7 Å². The normalized spacial score (nSPS) is 10.7. The van der Waals surface area contributed by atoms with E-state index in [2.05, 4.69) is 10.2 Å². The molecule has 0 saturated heterocycles. The second-order valence-corrected chi connectivity index (χ2v) is 6.86. The van der Waals surface area contributed by atoms with Crippen LogP contribution in [0.4, 0.5) is 4.39 Å². The maximum atomic E-state index is 13.8. The van der Waals surface area contributed by atoms with E-state index in [0.717, 1.165) is 5.75 Å². The number of aromatic nitrogens is 2. The van der Waals surface area contributed by atoms with Gasteiger partial charge in [0, 0.05) is 17.2 Å². The largest absolute Gasteiger partial charge is 0.507 e. The highest BCUT2D eigenvalue weighted by molar-refractivity contribution is 5.74. The average Bonchev–Trinajstić information content (AvgIpc) is 3.13. The minimum atomic E-state index is -0.337. The van der Waals surface area contributed by atoms with Gasteiger partial charge in [-0.1, -0.05) is 18.2 Å². The van der Waals surface area contributed by atoms with E-state index in [-0.39, 0.29) is 18.2 Å². The van der Waals surface area contributed by atoms with E-state index in [9.17, 15) is 9.50 Å². The molecule has 31 heavy (non-hydrogen) atoms. The Balaban J connectivity index is 1.55. The first-order chi connectivity index (χ1) is 15.0. The summed E-state index contributed by atoms with van der Waals surface area (Å²) in [5.41, 5.74) is 2.09. The molecule has 0 spiro atoms. The second kappa shape index (κ2) is 8.79. The van der Waals surface area contributed by atoms with Gasteiger partial charge < -0.3 is 19.3 Å². The topological polar surface area (TPSA) is 76.6 Å². The van der Waals surface area contributed by atoms with Gasteiger partial charge in [-0.15, -0.1) is 0 Å². The summed E-state index contributed by atoms with van der Waals surface area (Å²) in [6.07, 6.45) is 0. The van der Waals surface area contributed by atoms with Gasteiger partial charge >= 0.3 is 0 Å². The summed E-state index contributed by atoms with van der Waals surface area (Å²) in [5, 5.41) is 17.8. The Morgan fingerprint density at radius 2 is 1.68 bits per heavy atom. The Labute approximate surface area is 178 Å². The zero-order chi connectivity index (χ0) is 21.8. The third-order valence-corrected chi connectivity index (χ3v) is 4.75. The molecule has 0 unspecified atom stereocenters. The van der Waals surface area contributed by atoms with Gasteiger partial charge in [-0.2, -0.15) is 5.10 Å². The molecule has 0 saturated carbocycles. The molecule has 6 nitrogen and oxygen atoms in total. The van der Waals surface area contributed by atoms with Crippen LogP contribution in [0.3, 0.4) is 0 Å². The van der Waals surface area contributed by atoms with E-state index in [0.29, 0.717) is 39.8 Å². The number of nitrogens with one attached hydrogen (secondary N) is 1. The number of rotatable bonds is 7. The lowest BCUT2D eigenvalue weighted by molar-refractivity contribution is 0.298. The van der Waals surface area contributed by atoms with E-state index in [4.69, 9.17) is 14.2 Å². The quantitative estimate of drug-likeness (QED) is 0.406. The molecule has 0 aliphatic heterocycles. The van der Waals surface area contributed by atoms with Gasteiger partial charge in [0.15, 0.2) is 5.75 Å². The van der Waals surface area contributed by atoms with Crippen molar-refractivity contribution in [3.05, 3.63) is 83.8 Å². The molecule has 0 bridgehead atoms. The fraction of sp³-hybridized carbons (Fsp3) is 0.125. The first kappa shape index (κ1) is 20.3. The number of aromatic hydroxyl groups is 1. The minimum absolute atomic E-state index is 0.0304. The molecule has 3 aromatic carbocycles. The van der Waals surface area contributed by atoms with Crippen molar-refractivity contribution in [2.45, 2.75) is 13.5 Å². The van der Waals surface area contributed by atoms with Crippen molar-refractivity contribution in [1.29, 1.82) is 0 Å². The molecule has 4 rings (SSSR count). The molecular formula is C24H21FN2O4. The highest BCUT2D eigenvalue weighted by Crippen LogP contribution is 2.40. The molecule has 2 N–H and O–H groups in total. The molecule has 0 aliphatic carbocycles. The number of benzene rings is 3. The van der Waals surface area contributed by atoms with Crippen molar-refractivity contribution in [3.8, 4) is 40.0 Å². The fourth-order valence-corrected chi connectivity index (χ4v) is 3.07. The van der Waals surface area contributed by atoms with E-state index < -0.39 is 0 Å². The monoisotopic (exact) mass is 420 g/mol. The van der Waals surface area contributed by atoms with Crippen molar-refractivity contribution in [2.75, 3.05) is 7.11 Å². The smallest absolute Gasteiger partial charge is 0.176 e. The number of aromatic amines is 1. The number of halogens is 1. The Kier molecular flexibility index (Phi) is 5.75. The number of phenolic OH excluding ortho intramolecular Hbond substituents is 1. The molecule has 0 radical (unpaired) electrons. The molecule has 1 heterocycles. The number of phenols is 1. The number of aryl methyl sites for hydroxylation is 1. The molecule has 0 fully saturated rings. The third kappa shape index (κ3) is 4.45. The van der Waals surface area contributed by atoms with Gasteiger partial charge in [-0.3, -0.25) is 5.10 Å². The minimum Gasteiger partial charge on any atom is -0.507 e. The summed E-state index contributed by atoms with van der Waals surface area (Å²) in [6.45, 7) is 1.89. The van der Waals surface area contributed by atoms with Crippen LogP contribution in [0.1, 0.15) is 11.3 Å². The van der Waals surface area contributed by atoms with Crippen LogP contribution < -0.4 is 14.2 Å². The van der Waals surface area contributed by atoms with Gasteiger partial charge in [0.05, 0.1) is 12.8 Å². The van der Waals surface area contributed by atoms with Crippen molar-refractivity contribution >= 4 is 0 Å². The summed E-state index contributed by atoms with van der Waals surface area (Å²) in [5.74, 6) is 1.87. The number of nitrogens with zero attached hydrogens (tertiary/aromatic N) is 1. The van der Waals surface area contributed by atoms with E-state index in [1.807, 2.05) is 6.92 Å². The molecule has 7 heteroatoms. The number of methoxy groups -OCH3 is 1. The third-order valence-electron chi connectivity index (χ3n) is 4.75. The van der Waals surface area contributed by atoms with Crippen LogP contribution in [0.2, 0.25) is 0 Å². The summed E-state index contributed by atoms with van der Waals surface area (Å²) in [6, 6.07) is 18.4. The van der Waals surface area contributed by atoms with Gasteiger partial charge in [-0.05, 0) is 49.4 Å². The van der Waals surface area contributed by atoms with E-state index in [1.165, 1.54) is 12.1 Å². The van der Waals surface area contributed by atoms with Crippen LogP contribution in [-0.4, -0.2) is 22.4 Å². The lowest BCUT2D eigenvalue weighted by Crippen LogP contribution is -1.98. The van der Waals surface area contributed by atoms with Gasteiger partial charge in [-0.25, -0.2) is 4.39 Å². The van der Waals surface area contributed by atoms with Gasteiger partial charge in [0.25, 0.3) is 0 Å². The molecule has 0 aliphatic rings. The van der Waals surface area contributed by atoms with Crippen LogP contribution >= 0.6 is 0 Å². The maximum Gasteiger partial charge on any atom is 0.176 e. The van der Waals surface area contributed by atoms with Crippen molar-refractivity contribution in [3.63, 3.8) is 0 Å². The second-order valence-electron chi connectivity index (χ2n) is 6.86. The van der Waals surface area contributed by atoms with Crippen LogP contribution in [0.15, 0.2) is 66.7 Å². The lowest BCUT2D eigenvalue weighted by Gasteiger charge is -2.11. The SMILES string of the molecule is COc1ccc(Oc2c(-c3ccc(OCc4ccccc4F)cc3O)n[nH]c2C)cc1. The number of hydrogen-bond acceptors (Lipinski definition) is 5. The zero-order valence-electron chi connectivity index (χ0n) is 17.1. The average molecular weight is 420 g/mol. The Hall–Kier alpha value is -4.00. The highest BCUT2D eigenvalue weighted by atomic mass is 19.1. The van der Waals surface area contributed by atoms with E-state index in [1.54, 1.807) is 61.7 Å². The van der Waals surface area contributed by atoms with Crippen LogP contribution in [-0.2, 0) is 6.61 Å². The molecule has 0 amide bonds. The summed E-state index contributed by atoms with van der Waals surface area (Å²) in [7, 11) is 1.60. The lowest BCUT2D eigenvalue weighted by atomic mass is 10.1. The molecule has 1 aromatic heterocycles. The fourth-order valence-electron chi connectivity index (χ4n) is 3.07. The summed E-state index contributed by atoms with van der Waals surface area (Å²) in [4.78, 5) is 0. The first-order valence-electron chi connectivity index (χ1n) is 9.61. The number of hydrogen-bond donors (Lipinski definition) is 2. The first-order valence-corrected chi connectivity index (χ1v) is 9.61. The Bertz CT molecular complexity index is 1190. The van der Waals surface area contributed by atoms with Crippen LogP contribution in [0.25, 0.3) is 11.3 Å². The molecule has 0 atom stereocenters. The zero-order valence-corrected chi connectivity index (χ0v) is 17.1. The Morgan fingerprint density at radius 3 is 2.39 bits per heavy atom.